The first-order valence-corrected chi connectivity index (χ1v) is 9.14. The molecule has 0 fully saturated rings. The molecule has 2 aliphatic heterocycles. The third-order valence-electron chi connectivity index (χ3n) is 4.93. The van der Waals surface area contributed by atoms with E-state index in [4.69, 9.17) is 25.8 Å². The molecule has 0 aliphatic carbocycles. The first-order valence-electron chi connectivity index (χ1n) is 8.77. The van der Waals surface area contributed by atoms with Gasteiger partial charge in [0.05, 0.1) is 12.7 Å². The first kappa shape index (κ1) is 17.9. The maximum Gasteiger partial charge on any atom is 0.231 e. The number of carbonyl (C=O) groups excluding carboxylic acids is 1. The van der Waals surface area contributed by atoms with Crippen molar-refractivity contribution in [3.05, 3.63) is 57.6 Å². The molecule has 2 aromatic carbocycles. The number of hydrogen-bond acceptors (Lipinski definition) is 5. The molecule has 2 heterocycles. The second-order valence-electron chi connectivity index (χ2n) is 6.64. The molecule has 140 valence electrons. The molecule has 0 unspecified atom stereocenters. The predicted molar refractivity (Wildman–Crippen MR) is 104 cm³/mol. The average molecular weight is 386 g/mol. The van der Waals surface area contributed by atoms with Crippen LogP contribution in [0, 0.1) is 0 Å². The van der Waals surface area contributed by atoms with Gasteiger partial charge < -0.3 is 19.1 Å². The van der Waals surface area contributed by atoms with Crippen molar-refractivity contribution in [2.24, 2.45) is 0 Å². The van der Waals surface area contributed by atoms with E-state index in [1.165, 1.54) is 0 Å². The number of ketones is 1. The van der Waals surface area contributed by atoms with E-state index in [1.807, 2.05) is 25.2 Å². The van der Waals surface area contributed by atoms with E-state index in [9.17, 15) is 4.79 Å². The van der Waals surface area contributed by atoms with Crippen molar-refractivity contribution < 1.29 is 19.0 Å². The van der Waals surface area contributed by atoms with Crippen LogP contribution >= 0.6 is 11.6 Å². The Hall–Kier alpha value is -2.50. The summed E-state index contributed by atoms with van der Waals surface area (Å²) in [6.07, 6.45) is 4.03. The van der Waals surface area contributed by atoms with Crippen molar-refractivity contribution in [2.45, 2.75) is 13.0 Å². The highest BCUT2D eigenvalue weighted by molar-refractivity contribution is 6.32. The van der Waals surface area contributed by atoms with Gasteiger partial charge in [-0.2, -0.15) is 0 Å². The molecule has 5 nitrogen and oxygen atoms in total. The number of halogens is 1. The molecule has 4 rings (SSSR count). The van der Waals surface area contributed by atoms with Crippen molar-refractivity contribution in [3.8, 4) is 17.2 Å². The lowest BCUT2D eigenvalue weighted by Crippen LogP contribution is -2.28. The van der Waals surface area contributed by atoms with E-state index in [-0.39, 0.29) is 12.6 Å². The summed E-state index contributed by atoms with van der Waals surface area (Å²) in [5, 5.41) is 0.602. The highest BCUT2D eigenvalue weighted by Crippen LogP contribution is 2.49. The molecule has 0 radical (unpaired) electrons. The van der Waals surface area contributed by atoms with Gasteiger partial charge in [0.1, 0.15) is 0 Å². The Morgan fingerprint density at radius 1 is 1.22 bits per heavy atom. The van der Waals surface area contributed by atoms with E-state index < -0.39 is 0 Å². The van der Waals surface area contributed by atoms with Crippen LogP contribution in [0.1, 0.15) is 27.0 Å². The van der Waals surface area contributed by atoms with Crippen molar-refractivity contribution in [1.82, 2.24) is 4.90 Å². The fourth-order valence-corrected chi connectivity index (χ4v) is 3.82. The Kier molecular flexibility index (Phi) is 4.81. The summed E-state index contributed by atoms with van der Waals surface area (Å²) < 4.78 is 16.9. The fraction of sp³-hybridized carbons (Fsp3) is 0.286. The van der Waals surface area contributed by atoms with Gasteiger partial charge in [0.2, 0.25) is 12.5 Å². The second-order valence-corrected chi connectivity index (χ2v) is 7.04. The lowest BCUT2D eigenvalue weighted by Gasteiger charge is -2.28. The zero-order valence-electron chi connectivity index (χ0n) is 15.3. The normalized spacial score (nSPS) is 15.8. The first-order chi connectivity index (χ1) is 13.1. The smallest absolute Gasteiger partial charge is 0.231 e. The number of benzene rings is 2. The Morgan fingerprint density at radius 3 is 2.78 bits per heavy atom. The van der Waals surface area contributed by atoms with Crippen LogP contribution in [0.4, 0.5) is 0 Å². The molecule has 6 heteroatoms. The van der Waals surface area contributed by atoms with E-state index in [0.717, 1.165) is 29.7 Å². The van der Waals surface area contributed by atoms with Crippen LogP contribution in [-0.4, -0.2) is 38.2 Å². The zero-order valence-corrected chi connectivity index (χ0v) is 16.0. The second kappa shape index (κ2) is 7.25. The SMILES string of the molecule is COc1c2c(c(C(=O)/C=C/c3ccccc3Cl)c3c1OCO3)CCN(C)C2. The lowest BCUT2D eigenvalue weighted by atomic mass is 9.90. The minimum atomic E-state index is -0.125. The van der Waals surface area contributed by atoms with Gasteiger partial charge in [0.25, 0.3) is 0 Å². The summed E-state index contributed by atoms with van der Waals surface area (Å²) in [6.45, 7) is 1.65. The predicted octanol–water partition coefficient (Wildman–Crippen LogP) is 3.96. The summed E-state index contributed by atoms with van der Waals surface area (Å²) in [5.74, 6) is 1.53. The van der Waals surface area contributed by atoms with Gasteiger partial charge in [0, 0.05) is 23.7 Å². The van der Waals surface area contributed by atoms with Crippen LogP contribution in [0.25, 0.3) is 6.08 Å². The highest BCUT2D eigenvalue weighted by atomic mass is 35.5. The van der Waals surface area contributed by atoms with E-state index in [0.29, 0.717) is 34.4 Å². The topological polar surface area (TPSA) is 48.0 Å². The summed E-state index contributed by atoms with van der Waals surface area (Å²) in [6, 6.07) is 7.41. The number of ether oxygens (including phenoxy) is 3. The molecule has 0 spiro atoms. The van der Waals surface area contributed by atoms with Crippen molar-refractivity contribution in [3.63, 3.8) is 0 Å². The summed E-state index contributed by atoms with van der Waals surface area (Å²) in [5.41, 5.74) is 3.33. The largest absolute Gasteiger partial charge is 0.492 e. The maximum absolute atomic E-state index is 13.1. The van der Waals surface area contributed by atoms with Crippen LogP contribution < -0.4 is 14.2 Å². The molecule has 0 amide bonds. The van der Waals surface area contributed by atoms with Crippen LogP contribution in [-0.2, 0) is 13.0 Å². The third kappa shape index (κ3) is 3.17. The van der Waals surface area contributed by atoms with E-state index in [1.54, 1.807) is 25.3 Å². The molecule has 0 N–H and O–H groups in total. The van der Waals surface area contributed by atoms with Gasteiger partial charge >= 0.3 is 0 Å². The fourth-order valence-electron chi connectivity index (χ4n) is 3.63. The molecule has 0 bridgehead atoms. The Morgan fingerprint density at radius 2 is 2.00 bits per heavy atom. The van der Waals surface area contributed by atoms with Crippen LogP contribution in [0.3, 0.4) is 0 Å². The van der Waals surface area contributed by atoms with Crippen molar-refractivity contribution in [2.75, 3.05) is 27.5 Å². The molecule has 0 aromatic heterocycles. The molecular weight excluding hydrogens is 366 g/mol. The van der Waals surface area contributed by atoms with Crippen LogP contribution in [0.15, 0.2) is 30.3 Å². The minimum absolute atomic E-state index is 0.0823. The number of fused-ring (bicyclic) bond motifs is 2. The van der Waals surface area contributed by atoms with Gasteiger partial charge in [0.15, 0.2) is 17.3 Å². The van der Waals surface area contributed by atoms with E-state index in [2.05, 4.69) is 4.90 Å². The molecule has 0 atom stereocenters. The van der Waals surface area contributed by atoms with Crippen molar-refractivity contribution >= 4 is 23.5 Å². The monoisotopic (exact) mass is 385 g/mol. The molecule has 0 saturated carbocycles. The summed E-state index contributed by atoms with van der Waals surface area (Å²) >= 11 is 6.19. The van der Waals surface area contributed by atoms with Gasteiger partial charge in [-0.3, -0.25) is 4.79 Å². The number of methoxy groups -OCH3 is 1. The molecular formula is C21H20ClNO4. The number of carbonyl (C=O) groups is 1. The number of allylic oxidation sites excluding steroid dienone is 1. The quantitative estimate of drug-likeness (QED) is 0.589. The zero-order chi connectivity index (χ0) is 19.0. The molecule has 2 aliphatic rings. The molecule has 27 heavy (non-hydrogen) atoms. The highest BCUT2D eigenvalue weighted by Gasteiger charge is 2.34. The van der Waals surface area contributed by atoms with Gasteiger partial charge in [-0.15, -0.1) is 0 Å². The minimum Gasteiger partial charge on any atom is -0.492 e. The number of nitrogens with zero attached hydrogens (tertiary/aromatic N) is 1. The van der Waals surface area contributed by atoms with E-state index >= 15 is 0 Å². The van der Waals surface area contributed by atoms with Gasteiger partial charge in [-0.05, 0) is 42.8 Å². The van der Waals surface area contributed by atoms with Crippen LogP contribution in [0.5, 0.6) is 17.2 Å². The Balaban J connectivity index is 1.81. The van der Waals surface area contributed by atoms with Gasteiger partial charge in [-0.25, -0.2) is 0 Å². The van der Waals surface area contributed by atoms with Crippen molar-refractivity contribution in [1.29, 1.82) is 0 Å². The van der Waals surface area contributed by atoms with Crippen LogP contribution in [0.2, 0.25) is 5.02 Å². The summed E-state index contributed by atoms with van der Waals surface area (Å²) in [7, 11) is 3.66. The molecule has 0 saturated heterocycles. The number of rotatable bonds is 4. The third-order valence-corrected chi connectivity index (χ3v) is 5.27. The standard InChI is InChI=1S/C21H20ClNO4/c1-23-10-9-14-15(11-23)19(25-2)21-20(26-12-27-21)18(14)17(24)8-7-13-5-3-4-6-16(13)22/h3-8H,9-12H2,1-2H3/b8-7+. The summed E-state index contributed by atoms with van der Waals surface area (Å²) in [4.78, 5) is 15.3. The van der Waals surface area contributed by atoms with Gasteiger partial charge in [-0.1, -0.05) is 29.8 Å². The number of hydrogen-bond donors (Lipinski definition) is 0. The Bertz CT molecular complexity index is 938. The number of likely N-dealkylation sites (N-methyl/N-ethyl adjacent to an activating group) is 1. The molecule has 2 aromatic rings. The lowest BCUT2D eigenvalue weighted by molar-refractivity contribution is 0.104. The average Bonchev–Trinajstić information content (AvgIpc) is 3.14. The maximum atomic E-state index is 13.1. The Labute approximate surface area is 163 Å².